The highest BCUT2D eigenvalue weighted by atomic mass is 16.5. The largest absolute Gasteiger partial charge is 0.504 e. The van der Waals surface area contributed by atoms with E-state index in [1.807, 2.05) is 6.08 Å². The van der Waals surface area contributed by atoms with Crippen LogP contribution in [0.25, 0.3) is 6.08 Å². The fraction of sp³-hybridized carbons (Fsp3) is 0.467. The third-order valence-corrected chi connectivity index (χ3v) is 3.97. The molecule has 2 aliphatic rings. The molecule has 0 aromatic heterocycles. The van der Waals surface area contributed by atoms with Crippen molar-refractivity contribution in [1.82, 2.24) is 4.90 Å². The molecule has 0 radical (unpaired) electrons. The molecule has 1 fully saturated rings. The first-order valence-electron chi connectivity index (χ1n) is 7.03. The van der Waals surface area contributed by atoms with Gasteiger partial charge in [-0.15, -0.1) is 0 Å². The second kappa shape index (κ2) is 5.34. The molecule has 5 heteroatoms. The Morgan fingerprint density at radius 1 is 1.25 bits per heavy atom. The van der Waals surface area contributed by atoms with E-state index >= 15 is 0 Å². The maximum atomic E-state index is 10.0. The van der Waals surface area contributed by atoms with Crippen LogP contribution >= 0.6 is 0 Å². The quantitative estimate of drug-likeness (QED) is 0.730. The van der Waals surface area contributed by atoms with Crippen molar-refractivity contribution in [2.24, 2.45) is 5.73 Å². The average Bonchev–Trinajstić information content (AvgIpc) is 2.95. The van der Waals surface area contributed by atoms with E-state index in [-0.39, 0.29) is 17.6 Å². The minimum Gasteiger partial charge on any atom is -0.504 e. The summed E-state index contributed by atoms with van der Waals surface area (Å²) in [5.74, 6) is 0.595. The van der Waals surface area contributed by atoms with Gasteiger partial charge < -0.3 is 20.7 Å². The van der Waals surface area contributed by atoms with E-state index in [4.69, 9.17) is 10.5 Å². The fourth-order valence-corrected chi connectivity index (χ4v) is 2.90. The molecule has 1 aromatic carbocycles. The van der Waals surface area contributed by atoms with E-state index < -0.39 is 0 Å². The highest BCUT2D eigenvalue weighted by Gasteiger charge is 2.26. The second-order valence-electron chi connectivity index (χ2n) is 5.37. The van der Waals surface area contributed by atoms with Crippen LogP contribution in [0.1, 0.15) is 30.1 Å². The number of aromatic hydroxyl groups is 2. The predicted molar refractivity (Wildman–Crippen MR) is 76.3 cm³/mol. The molecular weight excluding hydrogens is 256 g/mol. The molecule has 0 bridgehead atoms. The van der Waals surface area contributed by atoms with E-state index in [1.54, 1.807) is 6.07 Å². The zero-order chi connectivity index (χ0) is 14.1. The molecular formula is C15H20N2O3. The molecule has 4 N–H and O–H groups in total. The number of benzene rings is 1. The molecule has 2 heterocycles. The minimum absolute atomic E-state index is 0.0943. The Morgan fingerprint density at radius 3 is 2.70 bits per heavy atom. The Morgan fingerprint density at radius 2 is 2.00 bits per heavy atom. The number of nitrogens with zero attached hydrogens (tertiary/aromatic N) is 1. The number of hydrogen-bond acceptors (Lipinski definition) is 5. The van der Waals surface area contributed by atoms with Crippen molar-refractivity contribution in [3.63, 3.8) is 0 Å². The van der Waals surface area contributed by atoms with Crippen LogP contribution in [0.4, 0.5) is 0 Å². The van der Waals surface area contributed by atoms with Crippen molar-refractivity contribution in [3.05, 3.63) is 29.0 Å². The summed E-state index contributed by atoms with van der Waals surface area (Å²) >= 11 is 0. The lowest BCUT2D eigenvalue weighted by molar-refractivity contribution is 0.103. The van der Waals surface area contributed by atoms with E-state index in [0.29, 0.717) is 12.1 Å². The molecule has 0 aliphatic carbocycles. The third kappa shape index (κ3) is 2.34. The maximum absolute atomic E-state index is 10.0. The van der Waals surface area contributed by atoms with Crippen molar-refractivity contribution in [2.45, 2.75) is 18.9 Å². The molecule has 0 spiro atoms. The van der Waals surface area contributed by atoms with Crippen molar-refractivity contribution in [1.29, 1.82) is 0 Å². The van der Waals surface area contributed by atoms with E-state index in [1.165, 1.54) is 18.9 Å². The van der Waals surface area contributed by atoms with Gasteiger partial charge in [0.15, 0.2) is 11.5 Å². The lowest BCUT2D eigenvalue weighted by Gasteiger charge is -2.28. The molecule has 5 nitrogen and oxygen atoms in total. The number of phenols is 2. The maximum Gasteiger partial charge on any atom is 0.165 e. The Balaban J connectivity index is 1.92. The molecule has 2 aliphatic heterocycles. The Labute approximate surface area is 118 Å². The predicted octanol–water partition coefficient (Wildman–Crippen LogP) is 1.56. The van der Waals surface area contributed by atoms with Gasteiger partial charge in [-0.25, -0.2) is 0 Å². The lowest BCUT2D eigenvalue weighted by atomic mass is 9.97. The van der Waals surface area contributed by atoms with Crippen LogP contribution in [-0.4, -0.2) is 41.3 Å². The first kappa shape index (κ1) is 13.3. The van der Waals surface area contributed by atoms with Crippen LogP contribution in [0.5, 0.6) is 11.5 Å². The number of likely N-dealkylation sites (tertiary alicyclic amines) is 1. The first-order chi connectivity index (χ1) is 9.69. The monoisotopic (exact) mass is 276 g/mol. The standard InChI is InChI=1S/C15H20N2O3/c16-8-14-11-3-4-13(18)15(19)12(11)7-10(20-14)9-17-5-1-2-6-17/h3-4,7,14,18-19H,1-2,5-6,8-9,16H2/t14-/m0/s1. The number of nitrogens with two attached hydrogens (primary N) is 1. The molecule has 0 amide bonds. The van der Waals surface area contributed by atoms with Gasteiger partial charge in [0, 0.05) is 17.7 Å². The highest BCUT2D eigenvalue weighted by Crippen LogP contribution is 2.40. The Kier molecular flexibility index (Phi) is 3.54. The zero-order valence-corrected chi connectivity index (χ0v) is 11.4. The molecule has 108 valence electrons. The summed E-state index contributed by atoms with van der Waals surface area (Å²) in [4.78, 5) is 2.32. The van der Waals surface area contributed by atoms with E-state index in [9.17, 15) is 10.2 Å². The highest BCUT2D eigenvalue weighted by molar-refractivity contribution is 5.68. The van der Waals surface area contributed by atoms with Gasteiger partial charge in [-0.1, -0.05) is 6.07 Å². The van der Waals surface area contributed by atoms with Crippen LogP contribution in [0.15, 0.2) is 17.9 Å². The molecule has 3 rings (SSSR count). The summed E-state index contributed by atoms with van der Waals surface area (Å²) in [5, 5.41) is 19.7. The molecule has 0 saturated carbocycles. The van der Waals surface area contributed by atoms with Crippen LogP contribution in [0.2, 0.25) is 0 Å². The number of hydrogen-bond donors (Lipinski definition) is 3. The first-order valence-corrected chi connectivity index (χ1v) is 7.03. The average molecular weight is 276 g/mol. The molecule has 1 saturated heterocycles. The van der Waals surface area contributed by atoms with Gasteiger partial charge in [-0.3, -0.25) is 4.90 Å². The second-order valence-corrected chi connectivity index (χ2v) is 5.37. The van der Waals surface area contributed by atoms with Gasteiger partial charge in [0.05, 0.1) is 6.54 Å². The third-order valence-electron chi connectivity index (χ3n) is 3.97. The number of rotatable bonds is 3. The molecule has 1 atom stereocenters. The topological polar surface area (TPSA) is 79.0 Å². The summed E-state index contributed by atoms with van der Waals surface area (Å²) in [5.41, 5.74) is 7.22. The molecule has 0 unspecified atom stereocenters. The Bertz CT molecular complexity index is 536. The molecule has 20 heavy (non-hydrogen) atoms. The number of ether oxygens (including phenoxy) is 1. The summed E-state index contributed by atoms with van der Waals surface area (Å²) in [7, 11) is 0. The SMILES string of the molecule is NC[C@@H]1OC(CN2CCCC2)=Cc2c1ccc(O)c2O. The van der Waals surface area contributed by atoms with Crippen LogP contribution in [0.3, 0.4) is 0 Å². The normalized spacial score (nSPS) is 22.2. The summed E-state index contributed by atoms with van der Waals surface area (Å²) < 4.78 is 5.92. The summed E-state index contributed by atoms with van der Waals surface area (Å²) in [6.07, 6.45) is 3.99. The fourth-order valence-electron chi connectivity index (χ4n) is 2.90. The smallest absolute Gasteiger partial charge is 0.165 e. The van der Waals surface area contributed by atoms with E-state index in [0.717, 1.165) is 31.0 Å². The van der Waals surface area contributed by atoms with Crippen molar-refractivity contribution in [2.75, 3.05) is 26.2 Å². The van der Waals surface area contributed by atoms with Crippen molar-refractivity contribution >= 4 is 6.08 Å². The van der Waals surface area contributed by atoms with Crippen molar-refractivity contribution < 1.29 is 14.9 Å². The van der Waals surface area contributed by atoms with Gasteiger partial charge in [0.25, 0.3) is 0 Å². The Hall–Kier alpha value is -1.72. The van der Waals surface area contributed by atoms with Crippen LogP contribution in [0, 0.1) is 0 Å². The minimum atomic E-state index is -0.265. The van der Waals surface area contributed by atoms with Gasteiger partial charge in [-0.05, 0) is 38.1 Å². The van der Waals surface area contributed by atoms with Gasteiger partial charge in [-0.2, -0.15) is 0 Å². The van der Waals surface area contributed by atoms with Crippen LogP contribution < -0.4 is 5.73 Å². The van der Waals surface area contributed by atoms with Gasteiger partial charge in [0.1, 0.15) is 11.9 Å². The number of fused-ring (bicyclic) bond motifs is 1. The molecule has 1 aromatic rings. The number of phenolic OH excluding ortho intramolecular Hbond substituents is 2. The van der Waals surface area contributed by atoms with Gasteiger partial charge in [0.2, 0.25) is 0 Å². The summed E-state index contributed by atoms with van der Waals surface area (Å²) in [6.45, 7) is 3.22. The van der Waals surface area contributed by atoms with Crippen LogP contribution in [-0.2, 0) is 4.74 Å². The van der Waals surface area contributed by atoms with Crippen molar-refractivity contribution in [3.8, 4) is 11.5 Å². The lowest BCUT2D eigenvalue weighted by Crippen LogP contribution is -2.27. The van der Waals surface area contributed by atoms with Gasteiger partial charge >= 0.3 is 0 Å². The summed E-state index contributed by atoms with van der Waals surface area (Å²) in [6, 6.07) is 3.23. The van der Waals surface area contributed by atoms with E-state index in [2.05, 4.69) is 4.90 Å². The zero-order valence-electron chi connectivity index (χ0n) is 11.4.